The van der Waals surface area contributed by atoms with Crippen molar-refractivity contribution in [3.63, 3.8) is 0 Å². The van der Waals surface area contributed by atoms with Gasteiger partial charge in [-0.15, -0.1) is 10.2 Å². The normalized spacial score (nSPS) is 11.4. The molecule has 0 bridgehead atoms. The lowest BCUT2D eigenvalue weighted by atomic mass is 10.1. The van der Waals surface area contributed by atoms with Gasteiger partial charge in [0.15, 0.2) is 11.6 Å². The van der Waals surface area contributed by atoms with E-state index in [1.165, 1.54) is 0 Å². The number of nitrogens with one attached hydrogen (secondary N) is 2. The van der Waals surface area contributed by atoms with Crippen molar-refractivity contribution in [3.05, 3.63) is 109 Å². The molecule has 0 saturated carbocycles. The first-order chi connectivity index (χ1) is 29.6. The Labute approximate surface area is 355 Å². The first kappa shape index (κ1) is 42.3. The van der Waals surface area contributed by atoms with Gasteiger partial charge < -0.3 is 20.3 Å². The van der Waals surface area contributed by atoms with Crippen LogP contribution in [0.4, 0.5) is 23.3 Å². The monoisotopic (exact) mass is 819 g/mol. The summed E-state index contributed by atoms with van der Waals surface area (Å²) in [5.74, 6) is 3.53. The van der Waals surface area contributed by atoms with E-state index >= 15 is 0 Å². The van der Waals surface area contributed by atoms with E-state index in [0.717, 1.165) is 81.5 Å². The van der Waals surface area contributed by atoms with Gasteiger partial charge in [-0.1, -0.05) is 34.6 Å². The second-order valence-electron chi connectivity index (χ2n) is 15.5. The molecular formula is C45H53N15O. The molecule has 8 rings (SSSR count). The molecule has 0 spiro atoms. The van der Waals surface area contributed by atoms with Crippen LogP contribution in [0.2, 0.25) is 0 Å². The molecule has 0 atom stereocenters. The van der Waals surface area contributed by atoms with E-state index in [1.54, 1.807) is 19.5 Å². The van der Waals surface area contributed by atoms with E-state index in [0.29, 0.717) is 48.3 Å². The fourth-order valence-corrected chi connectivity index (χ4v) is 6.36. The van der Waals surface area contributed by atoms with Crippen molar-refractivity contribution in [2.24, 2.45) is 0 Å². The molecule has 0 amide bonds. The van der Waals surface area contributed by atoms with Gasteiger partial charge in [-0.3, -0.25) is 19.3 Å². The molecule has 8 aromatic rings. The molecule has 0 aliphatic carbocycles. The summed E-state index contributed by atoms with van der Waals surface area (Å²) >= 11 is 0. The number of hydrogen-bond donors (Lipinski definition) is 2. The highest BCUT2D eigenvalue weighted by Crippen LogP contribution is 2.26. The standard InChI is InChI=1S/C24H30N8.C21H23N7O/c1-5-31(4)9-6-10-32-16-20(15-27-32)19-11-22-21(25-13-19)7-8-23(28-22)29-24-12-18(17(2)3)14-26-30-24;1-14(2)15-9-21(27-23-11-15)26-20-5-4-18-19(25-20)8-16(10-22-18)17-12-24-28(13-17)6-7-29-3/h7-8,11-17H,5-6,9-10H2,1-4H3,(H,28,29,30);4-5,8-14H,6-7H2,1-3H3,(H,25,26,27). The summed E-state index contributed by atoms with van der Waals surface area (Å²) in [6.07, 6.45) is 16.1. The van der Waals surface area contributed by atoms with Gasteiger partial charge in [-0.05, 0) is 98.1 Å². The molecule has 16 nitrogen and oxygen atoms in total. The van der Waals surface area contributed by atoms with Crippen LogP contribution in [-0.4, -0.2) is 98.6 Å². The summed E-state index contributed by atoms with van der Waals surface area (Å²) in [4.78, 5) is 20.9. The maximum Gasteiger partial charge on any atom is 0.154 e. The summed E-state index contributed by atoms with van der Waals surface area (Å²) in [6.45, 7) is 15.0. The van der Waals surface area contributed by atoms with Crippen molar-refractivity contribution in [2.45, 2.75) is 66.0 Å². The largest absolute Gasteiger partial charge is 0.383 e. The molecule has 314 valence electrons. The number of methoxy groups -OCH3 is 1. The van der Waals surface area contributed by atoms with E-state index in [2.05, 4.69) is 110 Å². The van der Waals surface area contributed by atoms with Gasteiger partial charge in [0, 0.05) is 60.7 Å². The average molecular weight is 820 g/mol. The number of hydrogen-bond acceptors (Lipinski definition) is 14. The predicted octanol–water partition coefficient (Wildman–Crippen LogP) is 8.29. The minimum absolute atomic E-state index is 0.382. The Morgan fingerprint density at radius 3 is 1.59 bits per heavy atom. The van der Waals surface area contributed by atoms with Crippen molar-refractivity contribution in [1.82, 2.24) is 64.8 Å². The minimum Gasteiger partial charge on any atom is -0.383 e. The number of nitrogens with zero attached hydrogens (tertiary/aromatic N) is 13. The predicted molar refractivity (Wildman–Crippen MR) is 240 cm³/mol. The molecule has 8 aromatic heterocycles. The zero-order chi connectivity index (χ0) is 42.7. The van der Waals surface area contributed by atoms with Crippen molar-refractivity contribution < 1.29 is 4.74 Å². The fourth-order valence-electron chi connectivity index (χ4n) is 6.36. The van der Waals surface area contributed by atoms with Gasteiger partial charge in [0.05, 0.1) is 60.0 Å². The Bertz CT molecular complexity index is 2670. The molecule has 0 aliphatic rings. The van der Waals surface area contributed by atoms with E-state index in [-0.39, 0.29) is 0 Å². The van der Waals surface area contributed by atoms with Gasteiger partial charge in [0.25, 0.3) is 0 Å². The van der Waals surface area contributed by atoms with Gasteiger partial charge in [0.1, 0.15) is 11.6 Å². The number of pyridine rings is 4. The van der Waals surface area contributed by atoms with E-state index in [1.807, 2.05) is 82.8 Å². The third-order valence-corrected chi connectivity index (χ3v) is 10.2. The molecule has 0 radical (unpaired) electrons. The summed E-state index contributed by atoms with van der Waals surface area (Å²) in [5.41, 5.74) is 9.54. The first-order valence-electron chi connectivity index (χ1n) is 20.6. The second kappa shape index (κ2) is 20.0. The molecular weight excluding hydrogens is 767 g/mol. The SMILES string of the molecule is CCN(C)CCCn1cc(-c2cnc3ccc(Nc4cc(C(C)C)cnn4)nc3c2)cn1.COCCn1cc(-c2cnc3ccc(Nc4cc(C(C)C)cnn4)nc3c2)cn1. The molecule has 8 heterocycles. The third kappa shape index (κ3) is 11.3. The van der Waals surface area contributed by atoms with Crippen LogP contribution < -0.4 is 10.6 Å². The zero-order valence-electron chi connectivity index (χ0n) is 35.9. The van der Waals surface area contributed by atoms with Crippen LogP contribution in [0.25, 0.3) is 44.3 Å². The number of ether oxygens (including phenoxy) is 1. The number of anilines is 4. The van der Waals surface area contributed by atoms with Gasteiger partial charge in [0.2, 0.25) is 0 Å². The second-order valence-corrected chi connectivity index (χ2v) is 15.5. The third-order valence-electron chi connectivity index (χ3n) is 10.2. The molecule has 2 N–H and O–H groups in total. The van der Waals surface area contributed by atoms with Crippen LogP contribution in [0.3, 0.4) is 0 Å². The number of fused-ring (bicyclic) bond motifs is 2. The lowest BCUT2D eigenvalue weighted by Crippen LogP contribution is -2.20. The summed E-state index contributed by atoms with van der Waals surface area (Å²) < 4.78 is 8.95. The topological polar surface area (TPSA) is 175 Å². The average Bonchev–Trinajstić information content (AvgIpc) is 3.96. The Morgan fingerprint density at radius 1 is 0.607 bits per heavy atom. The molecule has 16 heteroatoms. The van der Waals surface area contributed by atoms with E-state index in [4.69, 9.17) is 14.7 Å². The lowest BCUT2D eigenvalue weighted by Gasteiger charge is -2.12. The van der Waals surface area contributed by atoms with E-state index < -0.39 is 0 Å². The number of rotatable bonds is 16. The van der Waals surface area contributed by atoms with Crippen molar-refractivity contribution >= 4 is 45.3 Å². The Hall–Kier alpha value is -6.78. The highest BCUT2D eigenvalue weighted by molar-refractivity contribution is 5.83. The Balaban J connectivity index is 0.000000185. The Kier molecular flexibility index (Phi) is 13.9. The van der Waals surface area contributed by atoms with Crippen LogP contribution in [0.5, 0.6) is 0 Å². The van der Waals surface area contributed by atoms with Crippen molar-refractivity contribution in [2.75, 3.05) is 44.5 Å². The van der Waals surface area contributed by atoms with Crippen LogP contribution in [-0.2, 0) is 17.8 Å². The van der Waals surface area contributed by atoms with Crippen molar-refractivity contribution in [3.8, 4) is 22.3 Å². The highest BCUT2D eigenvalue weighted by atomic mass is 16.5. The zero-order valence-corrected chi connectivity index (χ0v) is 35.9. The summed E-state index contributed by atoms with van der Waals surface area (Å²) in [6, 6.07) is 15.8. The van der Waals surface area contributed by atoms with Crippen LogP contribution in [0.1, 0.15) is 64.0 Å². The Morgan fingerprint density at radius 2 is 1.11 bits per heavy atom. The van der Waals surface area contributed by atoms with Gasteiger partial charge in [-0.25, -0.2) is 9.97 Å². The first-order valence-corrected chi connectivity index (χ1v) is 20.6. The molecule has 0 aromatic carbocycles. The smallest absolute Gasteiger partial charge is 0.154 e. The molecule has 0 aliphatic heterocycles. The van der Waals surface area contributed by atoms with Crippen LogP contribution in [0, 0.1) is 0 Å². The van der Waals surface area contributed by atoms with Crippen LogP contribution in [0.15, 0.2) is 98.1 Å². The van der Waals surface area contributed by atoms with Crippen LogP contribution >= 0.6 is 0 Å². The maximum absolute atomic E-state index is 5.10. The molecule has 0 fully saturated rings. The quantitative estimate of drug-likeness (QED) is 0.0952. The lowest BCUT2D eigenvalue weighted by molar-refractivity contribution is 0.183. The maximum atomic E-state index is 5.10. The van der Waals surface area contributed by atoms with E-state index in [9.17, 15) is 0 Å². The minimum atomic E-state index is 0.382. The van der Waals surface area contributed by atoms with Crippen molar-refractivity contribution in [1.29, 1.82) is 0 Å². The molecule has 0 saturated heterocycles. The number of aromatic nitrogens is 12. The number of aryl methyl sites for hydroxylation is 1. The molecule has 0 unspecified atom stereocenters. The highest BCUT2D eigenvalue weighted by Gasteiger charge is 2.10. The van der Waals surface area contributed by atoms with Gasteiger partial charge >= 0.3 is 0 Å². The summed E-state index contributed by atoms with van der Waals surface area (Å²) in [7, 11) is 3.82. The van der Waals surface area contributed by atoms with Gasteiger partial charge in [-0.2, -0.15) is 20.4 Å². The molecule has 61 heavy (non-hydrogen) atoms. The summed E-state index contributed by atoms with van der Waals surface area (Å²) in [5, 5.41) is 31.9. The fraction of sp³-hybridized carbons (Fsp3) is 0.333.